The van der Waals surface area contributed by atoms with Gasteiger partial charge in [-0.2, -0.15) is 0 Å². The normalized spacial score (nSPS) is 15.8. The monoisotopic (exact) mass is 366 g/mol. The molecular weight excluding hydrogens is 340 g/mol. The molecule has 1 N–H and O–H groups in total. The van der Waals surface area contributed by atoms with E-state index in [4.69, 9.17) is 16.3 Å². The first-order chi connectivity index (χ1) is 11.7. The third-order valence-electron chi connectivity index (χ3n) is 4.90. The summed E-state index contributed by atoms with van der Waals surface area (Å²) in [5.74, 6) is 0.610. The lowest BCUT2D eigenvalue weighted by molar-refractivity contribution is -0.147. The largest absolute Gasteiger partial charge is 0.495 e. The van der Waals surface area contributed by atoms with Crippen molar-refractivity contribution in [1.29, 1.82) is 0 Å². The Balaban J connectivity index is 2.16. The summed E-state index contributed by atoms with van der Waals surface area (Å²) in [6.45, 7) is 8.79. The van der Waals surface area contributed by atoms with Crippen molar-refractivity contribution in [2.24, 2.45) is 11.3 Å². The van der Waals surface area contributed by atoms with Gasteiger partial charge in [0.15, 0.2) is 0 Å². The van der Waals surface area contributed by atoms with Gasteiger partial charge < -0.3 is 15.0 Å². The van der Waals surface area contributed by atoms with E-state index in [0.717, 1.165) is 18.4 Å². The Morgan fingerprint density at radius 1 is 1.28 bits per heavy atom. The van der Waals surface area contributed by atoms with Crippen LogP contribution in [0.1, 0.15) is 39.2 Å². The average molecular weight is 367 g/mol. The van der Waals surface area contributed by atoms with E-state index in [0.29, 0.717) is 35.5 Å². The molecule has 138 valence electrons. The minimum Gasteiger partial charge on any atom is -0.495 e. The Morgan fingerprint density at radius 2 is 1.88 bits per heavy atom. The van der Waals surface area contributed by atoms with Crippen LogP contribution in [0.2, 0.25) is 5.02 Å². The maximum atomic E-state index is 12.8. The SMILES string of the molecule is COc1cc(Cl)c(C)cc1NC(=O)C(C)(C)C(=O)N1CCC(C)CC1. The molecule has 5 nitrogen and oxygen atoms in total. The molecule has 1 aromatic carbocycles. The van der Waals surface area contributed by atoms with Crippen molar-refractivity contribution in [3.63, 3.8) is 0 Å². The zero-order valence-electron chi connectivity index (χ0n) is 15.6. The lowest BCUT2D eigenvalue weighted by Gasteiger charge is -2.35. The average Bonchev–Trinajstić information content (AvgIpc) is 2.57. The van der Waals surface area contributed by atoms with Gasteiger partial charge in [0.2, 0.25) is 11.8 Å². The summed E-state index contributed by atoms with van der Waals surface area (Å²) in [4.78, 5) is 27.4. The fourth-order valence-corrected chi connectivity index (χ4v) is 3.07. The number of anilines is 1. The first-order valence-electron chi connectivity index (χ1n) is 8.61. The molecule has 0 atom stereocenters. The van der Waals surface area contributed by atoms with Gasteiger partial charge in [0.05, 0.1) is 12.8 Å². The van der Waals surface area contributed by atoms with Gasteiger partial charge in [-0.3, -0.25) is 9.59 Å². The van der Waals surface area contributed by atoms with E-state index < -0.39 is 5.41 Å². The van der Waals surface area contributed by atoms with Gasteiger partial charge in [0.1, 0.15) is 11.2 Å². The number of likely N-dealkylation sites (tertiary alicyclic amines) is 1. The number of ether oxygens (including phenoxy) is 1. The number of benzene rings is 1. The van der Waals surface area contributed by atoms with Gasteiger partial charge in [-0.25, -0.2) is 0 Å². The number of piperidine rings is 1. The number of carbonyl (C=O) groups excluding carboxylic acids is 2. The second-order valence-corrected chi connectivity index (χ2v) is 7.76. The summed E-state index contributed by atoms with van der Waals surface area (Å²) < 4.78 is 5.29. The zero-order valence-corrected chi connectivity index (χ0v) is 16.4. The second-order valence-electron chi connectivity index (χ2n) is 7.36. The fraction of sp³-hybridized carbons (Fsp3) is 0.579. The lowest BCUT2D eigenvalue weighted by Crippen LogP contribution is -2.49. The van der Waals surface area contributed by atoms with Gasteiger partial charge in [-0.05, 0) is 51.2 Å². The third kappa shape index (κ3) is 4.27. The summed E-state index contributed by atoms with van der Waals surface area (Å²) in [7, 11) is 1.52. The predicted octanol–water partition coefficient (Wildman–Crippen LogP) is 3.88. The van der Waals surface area contributed by atoms with E-state index in [1.54, 1.807) is 30.9 Å². The van der Waals surface area contributed by atoms with Crippen LogP contribution < -0.4 is 10.1 Å². The molecule has 1 aromatic rings. The molecule has 1 saturated heterocycles. The molecular formula is C19H27ClN2O3. The maximum absolute atomic E-state index is 12.8. The molecule has 0 aliphatic carbocycles. The Hall–Kier alpha value is -1.75. The van der Waals surface area contributed by atoms with E-state index in [9.17, 15) is 9.59 Å². The molecule has 0 spiro atoms. The van der Waals surface area contributed by atoms with Gasteiger partial charge >= 0.3 is 0 Å². The van der Waals surface area contributed by atoms with Crippen molar-refractivity contribution in [1.82, 2.24) is 4.90 Å². The molecule has 0 saturated carbocycles. The van der Waals surface area contributed by atoms with Gasteiger partial charge in [-0.15, -0.1) is 0 Å². The van der Waals surface area contributed by atoms with Crippen molar-refractivity contribution in [2.75, 3.05) is 25.5 Å². The number of carbonyl (C=O) groups is 2. The number of rotatable bonds is 4. The number of aryl methyl sites for hydroxylation is 1. The van der Waals surface area contributed by atoms with Gasteiger partial charge in [0, 0.05) is 24.2 Å². The Labute approximate surface area is 154 Å². The summed E-state index contributed by atoms with van der Waals surface area (Å²) >= 11 is 6.10. The Morgan fingerprint density at radius 3 is 2.44 bits per heavy atom. The van der Waals surface area contributed by atoms with Crippen LogP contribution in [0.3, 0.4) is 0 Å². The quantitative estimate of drug-likeness (QED) is 0.822. The number of methoxy groups -OCH3 is 1. The maximum Gasteiger partial charge on any atom is 0.239 e. The van der Waals surface area contributed by atoms with Crippen LogP contribution in [0, 0.1) is 18.3 Å². The zero-order chi connectivity index (χ0) is 18.8. The molecule has 2 rings (SSSR count). The van der Waals surface area contributed by atoms with Crippen LogP contribution in [0.4, 0.5) is 5.69 Å². The summed E-state index contributed by atoms with van der Waals surface area (Å²) in [6, 6.07) is 3.41. The standard InChI is InChI=1S/C19H27ClN2O3/c1-12-6-8-22(9-7-12)18(24)19(3,4)17(23)21-15-10-13(2)14(20)11-16(15)25-5/h10-12H,6-9H2,1-5H3,(H,21,23). The topological polar surface area (TPSA) is 58.6 Å². The van der Waals surface area contributed by atoms with Crippen molar-refractivity contribution in [3.8, 4) is 5.75 Å². The number of hydrogen-bond donors (Lipinski definition) is 1. The molecule has 1 fully saturated rings. The highest BCUT2D eigenvalue weighted by atomic mass is 35.5. The summed E-state index contributed by atoms with van der Waals surface area (Å²) in [6.07, 6.45) is 1.96. The minimum atomic E-state index is -1.15. The fourth-order valence-electron chi connectivity index (χ4n) is 2.91. The molecule has 6 heteroatoms. The van der Waals surface area contributed by atoms with E-state index in [2.05, 4.69) is 12.2 Å². The molecule has 0 aromatic heterocycles. The molecule has 0 unspecified atom stereocenters. The molecule has 25 heavy (non-hydrogen) atoms. The van der Waals surface area contributed by atoms with Crippen molar-refractivity contribution in [3.05, 3.63) is 22.7 Å². The summed E-state index contributed by atoms with van der Waals surface area (Å²) in [5.41, 5.74) is 0.188. The Kier molecular flexibility index (Phi) is 5.99. The highest BCUT2D eigenvalue weighted by molar-refractivity contribution is 6.31. The van der Waals surface area contributed by atoms with Gasteiger partial charge in [0.25, 0.3) is 0 Å². The van der Waals surface area contributed by atoms with Crippen LogP contribution in [0.15, 0.2) is 12.1 Å². The minimum absolute atomic E-state index is 0.137. The molecule has 1 aliphatic heterocycles. The highest BCUT2D eigenvalue weighted by Crippen LogP contribution is 2.33. The molecule has 1 heterocycles. The van der Waals surface area contributed by atoms with Crippen molar-refractivity contribution < 1.29 is 14.3 Å². The van der Waals surface area contributed by atoms with Crippen LogP contribution in [0.5, 0.6) is 5.75 Å². The molecule has 0 radical (unpaired) electrons. The smallest absolute Gasteiger partial charge is 0.239 e. The van der Waals surface area contributed by atoms with Crippen LogP contribution in [-0.2, 0) is 9.59 Å². The second kappa shape index (κ2) is 7.65. The summed E-state index contributed by atoms with van der Waals surface area (Å²) in [5, 5.41) is 3.39. The molecule has 0 bridgehead atoms. The first kappa shape index (κ1) is 19.6. The highest BCUT2D eigenvalue weighted by Gasteiger charge is 2.40. The van der Waals surface area contributed by atoms with Gasteiger partial charge in [-0.1, -0.05) is 18.5 Å². The molecule has 2 amide bonds. The van der Waals surface area contributed by atoms with Crippen molar-refractivity contribution >= 4 is 29.1 Å². The van der Waals surface area contributed by atoms with Crippen LogP contribution >= 0.6 is 11.6 Å². The number of hydrogen-bond acceptors (Lipinski definition) is 3. The van der Waals surface area contributed by atoms with E-state index in [-0.39, 0.29) is 11.8 Å². The number of nitrogens with zero attached hydrogens (tertiary/aromatic N) is 1. The number of amides is 2. The first-order valence-corrected chi connectivity index (χ1v) is 8.99. The number of nitrogens with one attached hydrogen (secondary N) is 1. The third-order valence-corrected chi connectivity index (χ3v) is 5.31. The number of halogens is 1. The Bertz CT molecular complexity index is 665. The van der Waals surface area contributed by atoms with Crippen LogP contribution in [0.25, 0.3) is 0 Å². The van der Waals surface area contributed by atoms with E-state index in [1.807, 2.05) is 6.92 Å². The van der Waals surface area contributed by atoms with E-state index >= 15 is 0 Å². The van der Waals surface area contributed by atoms with Crippen molar-refractivity contribution in [2.45, 2.75) is 40.5 Å². The van der Waals surface area contributed by atoms with Crippen LogP contribution in [-0.4, -0.2) is 36.9 Å². The molecule has 1 aliphatic rings. The lowest BCUT2D eigenvalue weighted by atomic mass is 9.88. The predicted molar refractivity (Wildman–Crippen MR) is 100 cm³/mol. The van der Waals surface area contributed by atoms with E-state index in [1.165, 1.54) is 7.11 Å².